The van der Waals surface area contributed by atoms with Crippen LogP contribution in [0.4, 0.5) is 10.5 Å². The second-order valence-electron chi connectivity index (χ2n) is 7.18. The standard InChI is InChI=1S/C22H24N4O2/c27-21(16-8-9-16)26-18-5-3-4-15(12-18)13-25-22(28)23-11-10-17-14-24-20-7-2-1-6-19(17)20/h1-7,12,14,16,24H,8-11,13H2,(H,26,27)(H2,23,25,28). The first kappa shape index (κ1) is 18.1. The molecule has 0 radical (unpaired) electrons. The van der Waals surface area contributed by atoms with Crippen molar-refractivity contribution in [3.05, 3.63) is 65.9 Å². The van der Waals surface area contributed by atoms with Crippen molar-refractivity contribution in [1.29, 1.82) is 0 Å². The van der Waals surface area contributed by atoms with Crippen LogP contribution in [0, 0.1) is 5.92 Å². The summed E-state index contributed by atoms with van der Waals surface area (Å²) in [5.41, 5.74) is 4.02. The molecule has 0 spiro atoms. The molecule has 4 N–H and O–H groups in total. The molecule has 1 aliphatic rings. The van der Waals surface area contributed by atoms with Crippen LogP contribution in [0.2, 0.25) is 0 Å². The Kier molecular flexibility index (Phi) is 5.28. The zero-order valence-corrected chi connectivity index (χ0v) is 15.6. The van der Waals surface area contributed by atoms with Crippen molar-refractivity contribution in [2.45, 2.75) is 25.8 Å². The zero-order valence-electron chi connectivity index (χ0n) is 15.6. The first-order valence-electron chi connectivity index (χ1n) is 9.65. The van der Waals surface area contributed by atoms with Crippen LogP contribution in [0.5, 0.6) is 0 Å². The minimum Gasteiger partial charge on any atom is -0.361 e. The molecular weight excluding hydrogens is 352 g/mol. The molecule has 1 heterocycles. The van der Waals surface area contributed by atoms with Gasteiger partial charge < -0.3 is 20.9 Å². The summed E-state index contributed by atoms with van der Waals surface area (Å²) in [4.78, 5) is 27.2. The topological polar surface area (TPSA) is 86.0 Å². The van der Waals surface area contributed by atoms with E-state index in [2.05, 4.69) is 27.0 Å². The Hall–Kier alpha value is -3.28. The number of hydrogen-bond donors (Lipinski definition) is 4. The van der Waals surface area contributed by atoms with Crippen LogP contribution < -0.4 is 16.0 Å². The van der Waals surface area contributed by atoms with Crippen LogP contribution in [0.25, 0.3) is 10.9 Å². The summed E-state index contributed by atoms with van der Waals surface area (Å²) in [6.45, 7) is 0.969. The number of rotatable bonds is 7. The maximum absolute atomic E-state index is 12.1. The summed E-state index contributed by atoms with van der Waals surface area (Å²) in [6.07, 6.45) is 4.71. The van der Waals surface area contributed by atoms with Gasteiger partial charge in [0.1, 0.15) is 0 Å². The number of carbonyl (C=O) groups is 2. The lowest BCUT2D eigenvalue weighted by Gasteiger charge is -2.09. The Labute approximate surface area is 163 Å². The van der Waals surface area contributed by atoms with E-state index >= 15 is 0 Å². The third kappa shape index (κ3) is 4.52. The molecule has 6 nitrogen and oxygen atoms in total. The van der Waals surface area contributed by atoms with Crippen molar-refractivity contribution < 1.29 is 9.59 Å². The number of urea groups is 1. The predicted molar refractivity (Wildman–Crippen MR) is 110 cm³/mol. The number of aromatic amines is 1. The van der Waals surface area contributed by atoms with Crippen molar-refractivity contribution in [3.63, 3.8) is 0 Å². The fourth-order valence-electron chi connectivity index (χ4n) is 3.24. The lowest BCUT2D eigenvalue weighted by atomic mass is 10.1. The number of anilines is 1. The highest BCUT2D eigenvalue weighted by Gasteiger charge is 2.29. The highest BCUT2D eigenvalue weighted by Crippen LogP contribution is 2.30. The average Bonchev–Trinajstić information content (AvgIpc) is 3.49. The predicted octanol–water partition coefficient (Wildman–Crippen LogP) is 3.56. The van der Waals surface area contributed by atoms with Gasteiger partial charge in [0.15, 0.2) is 0 Å². The largest absolute Gasteiger partial charge is 0.361 e. The van der Waals surface area contributed by atoms with Crippen LogP contribution in [-0.2, 0) is 17.8 Å². The molecule has 144 valence electrons. The smallest absolute Gasteiger partial charge is 0.315 e. The second kappa shape index (κ2) is 8.17. The number of aromatic nitrogens is 1. The lowest BCUT2D eigenvalue weighted by Crippen LogP contribution is -2.36. The first-order chi connectivity index (χ1) is 13.7. The number of amides is 3. The van der Waals surface area contributed by atoms with Crippen LogP contribution in [0.3, 0.4) is 0 Å². The molecule has 1 fully saturated rings. The van der Waals surface area contributed by atoms with Gasteiger partial charge in [-0.05, 0) is 48.6 Å². The molecule has 0 saturated heterocycles. The Morgan fingerprint density at radius 1 is 1.04 bits per heavy atom. The van der Waals surface area contributed by atoms with Crippen molar-refractivity contribution in [2.75, 3.05) is 11.9 Å². The van der Waals surface area contributed by atoms with Gasteiger partial charge in [0, 0.05) is 41.8 Å². The van der Waals surface area contributed by atoms with Gasteiger partial charge >= 0.3 is 6.03 Å². The lowest BCUT2D eigenvalue weighted by molar-refractivity contribution is -0.117. The van der Waals surface area contributed by atoms with Gasteiger partial charge in [0.2, 0.25) is 5.91 Å². The van der Waals surface area contributed by atoms with E-state index in [1.165, 1.54) is 10.9 Å². The number of hydrogen-bond acceptors (Lipinski definition) is 2. The van der Waals surface area contributed by atoms with Crippen LogP contribution in [0.15, 0.2) is 54.7 Å². The van der Waals surface area contributed by atoms with Crippen molar-refractivity contribution in [2.24, 2.45) is 5.92 Å². The van der Waals surface area contributed by atoms with Gasteiger partial charge in [0.25, 0.3) is 0 Å². The first-order valence-corrected chi connectivity index (χ1v) is 9.65. The zero-order chi connectivity index (χ0) is 19.3. The fourth-order valence-corrected chi connectivity index (χ4v) is 3.24. The third-order valence-corrected chi connectivity index (χ3v) is 4.95. The molecule has 0 atom stereocenters. The second-order valence-corrected chi connectivity index (χ2v) is 7.18. The van der Waals surface area contributed by atoms with Gasteiger partial charge in [-0.2, -0.15) is 0 Å². The van der Waals surface area contributed by atoms with Gasteiger partial charge in [-0.3, -0.25) is 4.79 Å². The molecule has 6 heteroatoms. The van der Waals surface area contributed by atoms with Gasteiger partial charge in [-0.1, -0.05) is 30.3 Å². The van der Waals surface area contributed by atoms with E-state index in [1.807, 2.05) is 48.7 Å². The van der Waals surface area contributed by atoms with Gasteiger partial charge in [-0.15, -0.1) is 0 Å². The Bertz CT molecular complexity index is 991. The maximum atomic E-state index is 12.1. The SMILES string of the molecule is O=C(NCCc1c[nH]c2ccccc12)NCc1cccc(NC(=O)C2CC2)c1. The van der Waals surface area contributed by atoms with Crippen LogP contribution in [0.1, 0.15) is 24.0 Å². The highest BCUT2D eigenvalue weighted by molar-refractivity contribution is 5.94. The Balaban J connectivity index is 1.22. The van der Waals surface area contributed by atoms with E-state index in [4.69, 9.17) is 0 Å². The molecule has 0 aliphatic heterocycles. The minimum absolute atomic E-state index is 0.0835. The minimum atomic E-state index is -0.202. The van der Waals surface area contributed by atoms with E-state index in [1.54, 1.807) is 0 Å². The molecular formula is C22H24N4O2. The normalized spacial score (nSPS) is 13.3. The van der Waals surface area contributed by atoms with E-state index in [-0.39, 0.29) is 17.9 Å². The molecule has 2 aromatic carbocycles. The van der Waals surface area contributed by atoms with Gasteiger partial charge in [0.05, 0.1) is 0 Å². The summed E-state index contributed by atoms with van der Waals surface area (Å²) in [6, 6.07) is 15.5. The van der Waals surface area contributed by atoms with E-state index in [9.17, 15) is 9.59 Å². The number of carbonyl (C=O) groups excluding carboxylic acids is 2. The average molecular weight is 376 g/mol. The van der Waals surface area contributed by atoms with E-state index in [0.29, 0.717) is 13.1 Å². The van der Waals surface area contributed by atoms with E-state index < -0.39 is 0 Å². The number of H-pyrrole nitrogens is 1. The highest BCUT2D eigenvalue weighted by atomic mass is 16.2. The molecule has 0 unspecified atom stereocenters. The van der Waals surface area contributed by atoms with Gasteiger partial charge in [-0.25, -0.2) is 4.79 Å². The Morgan fingerprint density at radius 3 is 2.75 bits per heavy atom. The summed E-state index contributed by atoms with van der Waals surface area (Å²) in [5, 5.41) is 9.87. The van der Waals surface area contributed by atoms with Crippen LogP contribution >= 0.6 is 0 Å². The number of benzene rings is 2. The van der Waals surface area contributed by atoms with Crippen LogP contribution in [-0.4, -0.2) is 23.5 Å². The summed E-state index contributed by atoms with van der Waals surface area (Å²) >= 11 is 0. The summed E-state index contributed by atoms with van der Waals surface area (Å²) in [5.74, 6) is 0.254. The monoisotopic (exact) mass is 376 g/mol. The number of fused-ring (bicyclic) bond motifs is 1. The molecule has 3 amide bonds. The Morgan fingerprint density at radius 2 is 1.89 bits per heavy atom. The summed E-state index contributed by atoms with van der Waals surface area (Å²) in [7, 11) is 0. The molecule has 1 aromatic heterocycles. The van der Waals surface area contributed by atoms with Crippen molar-refractivity contribution in [3.8, 4) is 0 Å². The molecule has 0 bridgehead atoms. The molecule has 4 rings (SSSR count). The molecule has 28 heavy (non-hydrogen) atoms. The number of para-hydroxylation sites is 1. The van der Waals surface area contributed by atoms with Crippen molar-refractivity contribution >= 4 is 28.5 Å². The molecule has 1 aliphatic carbocycles. The maximum Gasteiger partial charge on any atom is 0.315 e. The summed E-state index contributed by atoms with van der Waals surface area (Å²) < 4.78 is 0. The molecule has 3 aromatic rings. The van der Waals surface area contributed by atoms with Crippen molar-refractivity contribution in [1.82, 2.24) is 15.6 Å². The number of nitrogens with one attached hydrogen (secondary N) is 4. The third-order valence-electron chi connectivity index (χ3n) is 4.95. The van der Waals surface area contributed by atoms with E-state index in [0.717, 1.165) is 36.0 Å². The molecule has 1 saturated carbocycles. The quantitative estimate of drug-likeness (QED) is 0.508. The fraction of sp³-hybridized carbons (Fsp3) is 0.273.